The summed E-state index contributed by atoms with van der Waals surface area (Å²) < 4.78 is 16.3. The van der Waals surface area contributed by atoms with Gasteiger partial charge in [0.25, 0.3) is 5.91 Å². The molecule has 0 bridgehead atoms. The average Bonchev–Trinajstić information content (AvgIpc) is 3.51. The molecule has 1 fully saturated rings. The monoisotopic (exact) mass is 475 g/mol. The molecular formula is C27H29N3O5. The van der Waals surface area contributed by atoms with Gasteiger partial charge in [0.1, 0.15) is 0 Å². The van der Waals surface area contributed by atoms with Crippen molar-refractivity contribution < 1.29 is 23.6 Å². The molecule has 8 heteroatoms. The maximum absolute atomic E-state index is 13.2. The SMILES string of the molecule is Cc1cc(C)c(-c2cc(C(=O)N3CCCC(C(=O)NCc4ccc5c(c4)OCO5)C3)no2)c(C)c1. The number of fused-ring (bicyclic) bond motifs is 1. The number of benzene rings is 2. The summed E-state index contributed by atoms with van der Waals surface area (Å²) in [6.45, 7) is 7.66. The molecule has 1 unspecified atom stereocenters. The van der Waals surface area contributed by atoms with Gasteiger partial charge in [0.15, 0.2) is 23.0 Å². The van der Waals surface area contributed by atoms with Crippen molar-refractivity contribution >= 4 is 11.8 Å². The number of likely N-dealkylation sites (tertiary alicyclic amines) is 1. The maximum Gasteiger partial charge on any atom is 0.276 e. The molecule has 2 aliphatic rings. The predicted octanol–water partition coefficient (Wildman–Crippen LogP) is 4.16. The van der Waals surface area contributed by atoms with Gasteiger partial charge in [0.2, 0.25) is 12.7 Å². The molecule has 2 aliphatic heterocycles. The summed E-state index contributed by atoms with van der Waals surface area (Å²) in [5.74, 6) is 1.44. The first-order chi connectivity index (χ1) is 16.9. The van der Waals surface area contributed by atoms with Crippen LogP contribution in [0.25, 0.3) is 11.3 Å². The third kappa shape index (κ3) is 4.73. The average molecular weight is 476 g/mol. The summed E-state index contributed by atoms with van der Waals surface area (Å²) in [6.07, 6.45) is 1.50. The molecular weight excluding hydrogens is 446 g/mol. The van der Waals surface area contributed by atoms with Crippen molar-refractivity contribution in [2.75, 3.05) is 19.9 Å². The lowest BCUT2D eigenvalue weighted by Crippen LogP contribution is -2.45. The van der Waals surface area contributed by atoms with Crippen LogP contribution >= 0.6 is 0 Å². The van der Waals surface area contributed by atoms with E-state index in [4.69, 9.17) is 14.0 Å². The van der Waals surface area contributed by atoms with Crippen molar-refractivity contribution in [3.63, 3.8) is 0 Å². The Labute approximate surface area is 204 Å². The van der Waals surface area contributed by atoms with Crippen LogP contribution in [0.4, 0.5) is 0 Å². The number of piperidine rings is 1. The Morgan fingerprint density at radius 1 is 1.06 bits per heavy atom. The number of hydrogen-bond acceptors (Lipinski definition) is 6. The number of ether oxygens (including phenoxy) is 2. The molecule has 0 spiro atoms. The fourth-order valence-corrected chi connectivity index (χ4v) is 4.98. The van der Waals surface area contributed by atoms with Crippen molar-refractivity contribution in [3.8, 4) is 22.8 Å². The van der Waals surface area contributed by atoms with E-state index in [1.54, 1.807) is 11.0 Å². The molecule has 1 atom stereocenters. The van der Waals surface area contributed by atoms with Crippen LogP contribution in [0.15, 0.2) is 40.9 Å². The Balaban J connectivity index is 1.22. The number of aromatic nitrogens is 1. The van der Waals surface area contributed by atoms with Gasteiger partial charge in [-0.3, -0.25) is 9.59 Å². The first kappa shape index (κ1) is 23.0. The Morgan fingerprint density at radius 3 is 2.63 bits per heavy atom. The number of aryl methyl sites for hydroxylation is 3. The summed E-state index contributed by atoms with van der Waals surface area (Å²) in [4.78, 5) is 27.7. The number of rotatable bonds is 5. The molecule has 3 aromatic rings. The largest absolute Gasteiger partial charge is 0.454 e. The van der Waals surface area contributed by atoms with Crippen LogP contribution in [-0.4, -0.2) is 41.8 Å². The van der Waals surface area contributed by atoms with Crippen molar-refractivity contribution in [2.24, 2.45) is 5.92 Å². The zero-order valence-electron chi connectivity index (χ0n) is 20.2. The van der Waals surface area contributed by atoms with E-state index in [2.05, 4.69) is 29.5 Å². The van der Waals surface area contributed by atoms with E-state index in [1.807, 2.05) is 32.0 Å². The van der Waals surface area contributed by atoms with E-state index in [0.29, 0.717) is 36.9 Å². The second kappa shape index (κ2) is 9.44. The summed E-state index contributed by atoms with van der Waals surface area (Å²) in [5.41, 5.74) is 5.49. The highest BCUT2D eigenvalue weighted by Crippen LogP contribution is 2.33. The van der Waals surface area contributed by atoms with Gasteiger partial charge < -0.3 is 24.2 Å². The van der Waals surface area contributed by atoms with Gasteiger partial charge in [0.05, 0.1) is 5.92 Å². The molecule has 182 valence electrons. The molecule has 5 rings (SSSR count). The van der Waals surface area contributed by atoms with Crippen LogP contribution in [0, 0.1) is 26.7 Å². The second-order valence-corrected chi connectivity index (χ2v) is 9.35. The third-order valence-corrected chi connectivity index (χ3v) is 6.64. The van der Waals surface area contributed by atoms with Gasteiger partial charge in [0, 0.05) is 31.3 Å². The normalized spacial score (nSPS) is 16.9. The Bertz CT molecular complexity index is 1260. The number of carbonyl (C=O) groups is 2. The van der Waals surface area contributed by atoms with Crippen LogP contribution in [0.1, 0.15) is 45.6 Å². The Morgan fingerprint density at radius 2 is 1.83 bits per heavy atom. The fourth-order valence-electron chi connectivity index (χ4n) is 4.98. The van der Waals surface area contributed by atoms with E-state index in [9.17, 15) is 9.59 Å². The Kier molecular flexibility index (Phi) is 6.19. The van der Waals surface area contributed by atoms with Crippen molar-refractivity contribution in [2.45, 2.75) is 40.2 Å². The van der Waals surface area contributed by atoms with Crippen molar-refractivity contribution in [1.82, 2.24) is 15.4 Å². The van der Waals surface area contributed by atoms with Gasteiger partial charge in [-0.15, -0.1) is 0 Å². The second-order valence-electron chi connectivity index (χ2n) is 9.35. The third-order valence-electron chi connectivity index (χ3n) is 6.64. The minimum absolute atomic E-state index is 0.0630. The minimum atomic E-state index is -0.269. The van der Waals surface area contributed by atoms with Crippen molar-refractivity contribution in [1.29, 1.82) is 0 Å². The van der Waals surface area contributed by atoms with Crippen LogP contribution in [-0.2, 0) is 11.3 Å². The molecule has 3 heterocycles. The molecule has 2 aromatic carbocycles. The zero-order valence-corrected chi connectivity index (χ0v) is 20.2. The van der Waals surface area contributed by atoms with Crippen LogP contribution < -0.4 is 14.8 Å². The molecule has 2 amide bonds. The van der Waals surface area contributed by atoms with Gasteiger partial charge >= 0.3 is 0 Å². The van der Waals surface area contributed by atoms with E-state index in [1.165, 1.54) is 5.56 Å². The van der Waals surface area contributed by atoms with Crippen LogP contribution in [0.3, 0.4) is 0 Å². The molecule has 8 nitrogen and oxygen atoms in total. The smallest absolute Gasteiger partial charge is 0.276 e. The van der Waals surface area contributed by atoms with E-state index in [0.717, 1.165) is 35.1 Å². The highest BCUT2D eigenvalue weighted by Gasteiger charge is 2.30. The lowest BCUT2D eigenvalue weighted by Gasteiger charge is -2.31. The number of carbonyl (C=O) groups excluding carboxylic acids is 2. The van der Waals surface area contributed by atoms with Gasteiger partial charge in [-0.25, -0.2) is 0 Å². The molecule has 1 aromatic heterocycles. The van der Waals surface area contributed by atoms with Crippen LogP contribution in [0.2, 0.25) is 0 Å². The molecule has 35 heavy (non-hydrogen) atoms. The summed E-state index contributed by atoms with van der Waals surface area (Å²) in [5, 5.41) is 7.05. The summed E-state index contributed by atoms with van der Waals surface area (Å²) >= 11 is 0. The first-order valence-corrected chi connectivity index (χ1v) is 11.9. The number of nitrogens with zero attached hydrogens (tertiary/aromatic N) is 2. The standard InChI is InChI=1S/C27H29N3O5/c1-16-9-17(2)25(18(3)10-16)24-12-21(29-35-24)27(32)30-8-4-5-20(14-30)26(31)28-13-19-6-7-22-23(11-19)34-15-33-22/h6-7,9-12,20H,4-5,8,13-15H2,1-3H3,(H,28,31). The fraction of sp³-hybridized carbons (Fsp3) is 0.370. The lowest BCUT2D eigenvalue weighted by atomic mass is 9.96. The molecule has 0 aliphatic carbocycles. The van der Waals surface area contributed by atoms with Crippen molar-refractivity contribution in [3.05, 3.63) is 64.3 Å². The lowest BCUT2D eigenvalue weighted by molar-refractivity contribution is -0.126. The van der Waals surface area contributed by atoms with Gasteiger partial charge in [-0.2, -0.15) is 0 Å². The molecule has 1 saturated heterocycles. The maximum atomic E-state index is 13.2. The topological polar surface area (TPSA) is 93.9 Å². The highest BCUT2D eigenvalue weighted by atomic mass is 16.7. The quantitative estimate of drug-likeness (QED) is 0.596. The predicted molar refractivity (Wildman–Crippen MR) is 129 cm³/mol. The van der Waals surface area contributed by atoms with Gasteiger partial charge in [-0.05, 0) is 62.4 Å². The highest BCUT2D eigenvalue weighted by molar-refractivity contribution is 5.94. The molecule has 0 radical (unpaired) electrons. The minimum Gasteiger partial charge on any atom is -0.454 e. The summed E-state index contributed by atoms with van der Waals surface area (Å²) in [7, 11) is 0. The van der Waals surface area contributed by atoms with Crippen LogP contribution in [0.5, 0.6) is 11.5 Å². The molecule has 0 saturated carbocycles. The number of amides is 2. The van der Waals surface area contributed by atoms with E-state index < -0.39 is 0 Å². The van der Waals surface area contributed by atoms with Gasteiger partial charge in [-0.1, -0.05) is 28.9 Å². The van der Waals surface area contributed by atoms with E-state index in [-0.39, 0.29) is 30.2 Å². The Hall–Kier alpha value is -3.81. The first-order valence-electron chi connectivity index (χ1n) is 11.9. The molecule has 1 N–H and O–H groups in total. The number of nitrogens with one attached hydrogen (secondary N) is 1. The zero-order chi connectivity index (χ0) is 24.5. The summed E-state index contributed by atoms with van der Waals surface area (Å²) in [6, 6.07) is 11.5. The number of hydrogen-bond donors (Lipinski definition) is 1. The van der Waals surface area contributed by atoms with E-state index >= 15 is 0 Å².